The van der Waals surface area contributed by atoms with Crippen molar-refractivity contribution in [2.24, 2.45) is 5.84 Å². The fourth-order valence-electron chi connectivity index (χ4n) is 2.50. The highest BCUT2D eigenvalue weighted by Gasteiger charge is 2.24. The normalized spacial score (nSPS) is 15.2. The average Bonchev–Trinajstić information content (AvgIpc) is 2.42. The second-order valence-electron chi connectivity index (χ2n) is 5.30. The van der Waals surface area contributed by atoms with E-state index in [0.29, 0.717) is 11.6 Å². The lowest BCUT2D eigenvalue weighted by atomic mass is 9.91. The van der Waals surface area contributed by atoms with Crippen molar-refractivity contribution in [2.75, 3.05) is 13.2 Å². The number of amides is 1. The van der Waals surface area contributed by atoms with Crippen LogP contribution in [-0.2, 0) is 6.54 Å². The molecule has 1 aliphatic rings. The molecule has 0 saturated heterocycles. The summed E-state index contributed by atoms with van der Waals surface area (Å²) in [5.74, 6) is 4.84. The monoisotopic (exact) mass is 277 g/mol. The van der Waals surface area contributed by atoms with Gasteiger partial charge in [0, 0.05) is 31.3 Å². The fraction of sp³-hybridized carbons (Fsp3) is 0.533. The van der Waals surface area contributed by atoms with Gasteiger partial charge in [-0.2, -0.15) is 0 Å². The molecule has 0 spiro atoms. The Hall–Kier alpha value is -1.43. The van der Waals surface area contributed by atoms with Crippen LogP contribution in [0.1, 0.15) is 41.6 Å². The summed E-state index contributed by atoms with van der Waals surface area (Å²) in [5.41, 5.74) is 3.88. The molecule has 0 bridgehead atoms. The van der Waals surface area contributed by atoms with Gasteiger partial charge in [0.25, 0.3) is 5.91 Å². The lowest BCUT2D eigenvalue weighted by Crippen LogP contribution is -2.40. The van der Waals surface area contributed by atoms with Crippen molar-refractivity contribution in [1.82, 2.24) is 10.3 Å². The summed E-state index contributed by atoms with van der Waals surface area (Å²) < 4.78 is 0. The van der Waals surface area contributed by atoms with Crippen LogP contribution < -0.4 is 11.3 Å². The molecule has 5 heteroatoms. The lowest BCUT2D eigenvalue weighted by molar-refractivity contribution is 0.0953. The molecule has 0 atom stereocenters. The summed E-state index contributed by atoms with van der Waals surface area (Å²) in [6.07, 6.45) is 4.61. The Morgan fingerprint density at radius 1 is 1.35 bits per heavy atom. The van der Waals surface area contributed by atoms with Crippen LogP contribution in [0.25, 0.3) is 0 Å². The van der Waals surface area contributed by atoms with Gasteiger partial charge in [0.15, 0.2) is 0 Å². The molecule has 1 aromatic carbocycles. The molecule has 110 valence electrons. The number of aliphatic hydroxyl groups excluding tert-OH is 1. The van der Waals surface area contributed by atoms with Gasteiger partial charge in [0.1, 0.15) is 0 Å². The maximum atomic E-state index is 11.4. The first-order chi connectivity index (χ1) is 9.74. The van der Waals surface area contributed by atoms with Crippen molar-refractivity contribution >= 4 is 5.91 Å². The number of hydrazine groups is 1. The fourth-order valence-corrected chi connectivity index (χ4v) is 2.50. The van der Waals surface area contributed by atoms with Crippen LogP contribution in [-0.4, -0.2) is 35.1 Å². The van der Waals surface area contributed by atoms with Crippen LogP contribution in [0.3, 0.4) is 0 Å². The van der Waals surface area contributed by atoms with Gasteiger partial charge in [-0.1, -0.05) is 18.6 Å². The van der Waals surface area contributed by atoms with E-state index in [1.165, 1.54) is 24.8 Å². The maximum absolute atomic E-state index is 11.4. The zero-order valence-electron chi connectivity index (χ0n) is 11.7. The van der Waals surface area contributed by atoms with Crippen LogP contribution in [0.4, 0.5) is 0 Å². The van der Waals surface area contributed by atoms with Crippen LogP contribution in [0.2, 0.25) is 0 Å². The third-order valence-corrected chi connectivity index (χ3v) is 3.93. The summed E-state index contributed by atoms with van der Waals surface area (Å²) in [6.45, 7) is 2.03. The third-order valence-electron chi connectivity index (χ3n) is 3.93. The number of nitrogens with two attached hydrogens (primary N) is 1. The molecule has 1 aromatic rings. The zero-order valence-corrected chi connectivity index (χ0v) is 11.7. The molecule has 1 amide bonds. The van der Waals surface area contributed by atoms with Gasteiger partial charge in [0.2, 0.25) is 0 Å². The van der Waals surface area contributed by atoms with Crippen molar-refractivity contribution in [3.8, 4) is 0 Å². The van der Waals surface area contributed by atoms with E-state index in [1.54, 1.807) is 12.1 Å². The Kier molecular flexibility index (Phi) is 5.52. The number of carbonyl (C=O) groups excluding carboxylic acids is 1. The Labute approximate surface area is 119 Å². The average molecular weight is 277 g/mol. The molecule has 0 aliphatic heterocycles. The summed E-state index contributed by atoms with van der Waals surface area (Å²) in [6, 6.07) is 8.17. The van der Waals surface area contributed by atoms with E-state index < -0.39 is 0 Å². The van der Waals surface area contributed by atoms with Crippen LogP contribution in [0.15, 0.2) is 24.3 Å². The van der Waals surface area contributed by atoms with Gasteiger partial charge in [0.05, 0.1) is 0 Å². The molecule has 4 N–H and O–H groups in total. The van der Waals surface area contributed by atoms with Crippen molar-refractivity contribution < 1.29 is 9.90 Å². The largest absolute Gasteiger partial charge is 0.396 e. The highest BCUT2D eigenvalue weighted by Crippen LogP contribution is 2.26. The minimum atomic E-state index is -0.271. The zero-order chi connectivity index (χ0) is 14.4. The highest BCUT2D eigenvalue weighted by molar-refractivity contribution is 5.93. The second kappa shape index (κ2) is 7.38. The molecule has 0 unspecified atom stereocenters. The first kappa shape index (κ1) is 15.0. The number of hydrogen-bond donors (Lipinski definition) is 3. The number of nitrogen functional groups attached to an aromatic ring is 1. The minimum Gasteiger partial charge on any atom is -0.396 e. The third kappa shape index (κ3) is 3.79. The topological polar surface area (TPSA) is 78.6 Å². The van der Waals surface area contributed by atoms with E-state index in [0.717, 1.165) is 19.5 Å². The van der Waals surface area contributed by atoms with E-state index in [1.807, 2.05) is 12.1 Å². The molecule has 5 nitrogen and oxygen atoms in total. The van der Waals surface area contributed by atoms with Crippen molar-refractivity contribution in [3.05, 3.63) is 35.4 Å². The molecular weight excluding hydrogens is 254 g/mol. The molecule has 1 saturated carbocycles. The molecule has 0 heterocycles. The van der Waals surface area contributed by atoms with Gasteiger partial charge in [-0.05, 0) is 37.0 Å². The van der Waals surface area contributed by atoms with Gasteiger partial charge in [-0.25, -0.2) is 5.84 Å². The standard InChI is InChI=1S/C15H23N3O2/c16-17-15(20)13-7-5-12(6-8-13)11-18(9-2-10-19)14-3-1-4-14/h5-8,14,19H,1-4,9-11,16H2,(H,17,20). The number of aliphatic hydroxyl groups is 1. The SMILES string of the molecule is NNC(=O)c1ccc(CN(CCCO)C2CCC2)cc1. The van der Waals surface area contributed by atoms with Crippen LogP contribution in [0, 0.1) is 0 Å². The maximum Gasteiger partial charge on any atom is 0.265 e. The summed E-state index contributed by atoms with van der Waals surface area (Å²) in [7, 11) is 0. The minimum absolute atomic E-state index is 0.235. The van der Waals surface area contributed by atoms with Crippen molar-refractivity contribution in [1.29, 1.82) is 0 Å². The number of benzene rings is 1. The summed E-state index contributed by atoms with van der Waals surface area (Å²) >= 11 is 0. The molecule has 0 radical (unpaired) electrons. The smallest absolute Gasteiger partial charge is 0.265 e. The van der Waals surface area contributed by atoms with E-state index in [2.05, 4.69) is 10.3 Å². The van der Waals surface area contributed by atoms with Gasteiger partial charge < -0.3 is 5.11 Å². The predicted octanol–water partition coefficient (Wildman–Crippen LogP) is 1.03. The first-order valence-electron chi connectivity index (χ1n) is 7.19. The number of rotatable bonds is 7. The molecule has 1 fully saturated rings. The van der Waals surface area contributed by atoms with Gasteiger partial charge >= 0.3 is 0 Å². The Bertz CT molecular complexity index is 429. The number of nitrogens with zero attached hydrogens (tertiary/aromatic N) is 1. The van der Waals surface area contributed by atoms with E-state index in [9.17, 15) is 4.79 Å². The van der Waals surface area contributed by atoms with Crippen molar-refractivity contribution in [3.63, 3.8) is 0 Å². The van der Waals surface area contributed by atoms with Gasteiger partial charge in [-0.3, -0.25) is 15.1 Å². The second-order valence-corrected chi connectivity index (χ2v) is 5.30. The highest BCUT2D eigenvalue weighted by atomic mass is 16.3. The lowest BCUT2D eigenvalue weighted by Gasteiger charge is -2.37. The van der Waals surface area contributed by atoms with E-state index >= 15 is 0 Å². The molecule has 0 aromatic heterocycles. The molecular formula is C15H23N3O2. The summed E-state index contributed by atoms with van der Waals surface area (Å²) in [5, 5.41) is 9.00. The number of carbonyl (C=O) groups is 1. The quantitative estimate of drug-likeness (QED) is 0.395. The van der Waals surface area contributed by atoms with E-state index in [-0.39, 0.29) is 12.5 Å². The molecule has 2 rings (SSSR count). The summed E-state index contributed by atoms with van der Waals surface area (Å²) in [4.78, 5) is 13.8. The number of nitrogens with one attached hydrogen (secondary N) is 1. The van der Waals surface area contributed by atoms with Crippen molar-refractivity contribution in [2.45, 2.75) is 38.3 Å². The molecule has 1 aliphatic carbocycles. The van der Waals surface area contributed by atoms with E-state index in [4.69, 9.17) is 10.9 Å². The van der Waals surface area contributed by atoms with Crippen LogP contribution in [0.5, 0.6) is 0 Å². The molecule has 20 heavy (non-hydrogen) atoms. The first-order valence-corrected chi connectivity index (χ1v) is 7.19. The Morgan fingerprint density at radius 3 is 2.55 bits per heavy atom. The predicted molar refractivity (Wildman–Crippen MR) is 77.8 cm³/mol. The Balaban J connectivity index is 1.96. The Morgan fingerprint density at radius 2 is 2.05 bits per heavy atom. The van der Waals surface area contributed by atoms with Gasteiger partial charge in [-0.15, -0.1) is 0 Å². The number of hydrogen-bond acceptors (Lipinski definition) is 4. The van der Waals surface area contributed by atoms with Crippen LogP contribution >= 0.6 is 0 Å².